The molecule has 3 aromatic heterocycles. The van der Waals surface area contributed by atoms with Crippen molar-refractivity contribution in [2.24, 2.45) is 0 Å². The molecule has 4 aromatic rings. The molecule has 1 aliphatic rings. The molecule has 0 bridgehead atoms. The number of nitriles is 1. The van der Waals surface area contributed by atoms with Gasteiger partial charge in [0, 0.05) is 37.9 Å². The van der Waals surface area contributed by atoms with Crippen LogP contribution >= 0.6 is 0 Å². The van der Waals surface area contributed by atoms with Gasteiger partial charge in [0.2, 0.25) is 11.7 Å². The summed E-state index contributed by atoms with van der Waals surface area (Å²) in [4.78, 5) is 29.7. The van der Waals surface area contributed by atoms with Gasteiger partial charge in [-0.1, -0.05) is 12.1 Å². The lowest BCUT2D eigenvalue weighted by Gasteiger charge is -2.32. The molecule has 1 amide bonds. The van der Waals surface area contributed by atoms with Crippen LogP contribution in [0.15, 0.2) is 42.9 Å². The number of aromatic nitrogens is 4. The minimum absolute atomic E-state index is 0.0751. The first-order chi connectivity index (χ1) is 16.0. The first kappa shape index (κ1) is 20.7. The monoisotopic (exact) mass is 440 g/mol. The highest BCUT2D eigenvalue weighted by Gasteiger charge is 2.23. The van der Waals surface area contributed by atoms with E-state index in [1.165, 1.54) is 0 Å². The van der Waals surface area contributed by atoms with Crippen LogP contribution in [0.1, 0.15) is 29.7 Å². The zero-order valence-electron chi connectivity index (χ0n) is 18.8. The van der Waals surface area contributed by atoms with E-state index in [1.807, 2.05) is 60.7 Å². The second-order valence-electron chi connectivity index (χ2n) is 8.35. The van der Waals surface area contributed by atoms with Gasteiger partial charge in [0.15, 0.2) is 0 Å². The van der Waals surface area contributed by atoms with Crippen LogP contribution in [0.4, 0.5) is 11.6 Å². The Bertz CT molecular complexity index is 1420. The molecule has 1 atom stereocenters. The van der Waals surface area contributed by atoms with Crippen LogP contribution in [0.25, 0.3) is 16.7 Å². The van der Waals surface area contributed by atoms with Crippen LogP contribution in [0, 0.1) is 18.3 Å². The minimum atomic E-state index is -0.0896. The van der Waals surface area contributed by atoms with Crippen LogP contribution in [-0.2, 0) is 4.79 Å². The number of nitrogens with zero attached hydrogens (tertiary/aromatic N) is 7. The molecule has 0 saturated carbocycles. The molecule has 166 valence electrons. The van der Waals surface area contributed by atoms with Crippen molar-refractivity contribution in [3.05, 3.63) is 59.5 Å². The Kier molecular flexibility index (Phi) is 5.05. The summed E-state index contributed by atoms with van der Waals surface area (Å²) in [6, 6.07) is 9.89. The Hall–Kier alpha value is -4.19. The topological polar surface area (TPSA) is 102 Å². The molecule has 1 aliphatic heterocycles. The predicted molar refractivity (Wildman–Crippen MR) is 126 cm³/mol. The molecule has 0 aliphatic carbocycles. The largest absolute Gasteiger partial charge is 0.363 e. The van der Waals surface area contributed by atoms with Gasteiger partial charge < -0.3 is 15.1 Å². The van der Waals surface area contributed by atoms with Crippen LogP contribution in [0.3, 0.4) is 0 Å². The number of benzene rings is 1. The molecule has 1 N–H and O–H groups in total. The van der Waals surface area contributed by atoms with Crippen molar-refractivity contribution in [1.82, 2.24) is 24.3 Å². The van der Waals surface area contributed by atoms with E-state index < -0.39 is 0 Å². The van der Waals surface area contributed by atoms with Gasteiger partial charge in [-0.15, -0.1) is 0 Å². The van der Waals surface area contributed by atoms with Crippen molar-refractivity contribution in [2.75, 3.05) is 36.9 Å². The lowest BCUT2D eigenvalue weighted by atomic mass is 9.98. The Balaban J connectivity index is 1.58. The number of imidazole rings is 1. The second-order valence-corrected chi connectivity index (χ2v) is 8.35. The van der Waals surface area contributed by atoms with E-state index in [-0.39, 0.29) is 11.9 Å². The van der Waals surface area contributed by atoms with Crippen molar-refractivity contribution in [1.29, 1.82) is 5.26 Å². The number of amides is 1. The number of nitrogens with one attached hydrogen (secondary N) is 1. The van der Waals surface area contributed by atoms with Crippen molar-refractivity contribution in [3.63, 3.8) is 0 Å². The van der Waals surface area contributed by atoms with Crippen LogP contribution in [0.2, 0.25) is 0 Å². The van der Waals surface area contributed by atoms with Crippen molar-refractivity contribution < 1.29 is 4.79 Å². The van der Waals surface area contributed by atoms with Gasteiger partial charge in [-0.25, -0.2) is 9.97 Å². The molecule has 1 aromatic carbocycles. The summed E-state index contributed by atoms with van der Waals surface area (Å²) in [6.45, 7) is 5.69. The molecule has 4 heterocycles. The van der Waals surface area contributed by atoms with E-state index >= 15 is 0 Å². The summed E-state index contributed by atoms with van der Waals surface area (Å²) >= 11 is 0. The molecule has 1 fully saturated rings. The average Bonchev–Trinajstić information content (AvgIpc) is 3.29. The summed E-state index contributed by atoms with van der Waals surface area (Å²) in [7, 11) is 1.82. The van der Waals surface area contributed by atoms with E-state index in [1.54, 1.807) is 17.3 Å². The molecule has 0 unspecified atom stereocenters. The molecular formula is C24H24N8O. The fourth-order valence-corrected chi connectivity index (χ4v) is 4.31. The maximum Gasteiger partial charge on any atom is 0.241 e. The van der Waals surface area contributed by atoms with Gasteiger partial charge in [0.05, 0.1) is 35.9 Å². The Morgan fingerprint density at radius 1 is 1.24 bits per heavy atom. The van der Waals surface area contributed by atoms with Crippen molar-refractivity contribution in [3.8, 4) is 6.07 Å². The molecule has 9 nitrogen and oxygen atoms in total. The molecule has 33 heavy (non-hydrogen) atoms. The summed E-state index contributed by atoms with van der Waals surface area (Å²) in [5.41, 5.74) is 3.52. The Labute approximate surface area is 191 Å². The quantitative estimate of drug-likeness (QED) is 0.520. The van der Waals surface area contributed by atoms with E-state index in [2.05, 4.69) is 21.4 Å². The van der Waals surface area contributed by atoms with Crippen molar-refractivity contribution >= 4 is 34.2 Å². The van der Waals surface area contributed by atoms with Gasteiger partial charge in [-0.05, 0) is 37.1 Å². The van der Waals surface area contributed by atoms with E-state index in [4.69, 9.17) is 4.98 Å². The summed E-state index contributed by atoms with van der Waals surface area (Å²) in [5.74, 6) is 2.07. The lowest BCUT2D eigenvalue weighted by molar-refractivity contribution is -0.129. The maximum atomic E-state index is 12.2. The van der Waals surface area contributed by atoms with Gasteiger partial charge in [-0.3, -0.25) is 9.20 Å². The van der Waals surface area contributed by atoms with E-state index in [0.29, 0.717) is 30.2 Å². The highest BCUT2D eigenvalue weighted by molar-refractivity contribution is 5.93. The van der Waals surface area contributed by atoms with Gasteiger partial charge in [0.1, 0.15) is 11.6 Å². The number of carbonyl (C=O) groups excluding carboxylic acids is 1. The number of pyridine rings is 1. The third-order valence-corrected chi connectivity index (χ3v) is 6.31. The summed E-state index contributed by atoms with van der Waals surface area (Å²) in [5, 5.41) is 13.8. The number of hydrogen-bond acceptors (Lipinski definition) is 7. The van der Waals surface area contributed by atoms with E-state index in [0.717, 1.165) is 34.4 Å². The molecule has 9 heteroatoms. The Morgan fingerprint density at radius 3 is 2.88 bits per heavy atom. The number of piperazine rings is 1. The molecule has 0 spiro atoms. The van der Waals surface area contributed by atoms with Crippen LogP contribution in [-0.4, -0.2) is 56.8 Å². The van der Waals surface area contributed by atoms with Gasteiger partial charge in [0.25, 0.3) is 0 Å². The SMILES string of the molecule is Cc1c(C#N)cccc1[C@@H](C)Nc1nc2nccn2c2cnc(N3CCN(C)C(=O)C3)cc12. The number of likely N-dealkylation sites (N-methyl/N-ethyl adjacent to an activating group) is 1. The standard InChI is InChI=1S/C24H24N8O/c1-15-17(12-25)5-4-6-18(15)16(2)28-23-19-11-21(31-10-9-30(3)22(33)14-31)27-13-20(19)32-8-7-26-24(32)29-23/h4-8,11,13,16H,9-10,14H2,1-3H3,(H,26,28,29)/t16-/m1/s1. The minimum Gasteiger partial charge on any atom is -0.363 e. The maximum absolute atomic E-state index is 12.2. The third kappa shape index (κ3) is 3.59. The molecule has 0 radical (unpaired) electrons. The number of anilines is 2. The zero-order chi connectivity index (χ0) is 23.1. The Morgan fingerprint density at radius 2 is 2.09 bits per heavy atom. The smallest absolute Gasteiger partial charge is 0.241 e. The molecular weight excluding hydrogens is 416 g/mol. The zero-order valence-corrected chi connectivity index (χ0v) is 18.8. The normalized spacial score (nSPS) is 15.2. The van der Waals surface area contributed by atoms with Gasteiger partial charge >= 0.3 is 0 Å². The second kappa shape index (κ2) is 8.06. The van der Waals surface area contributed by atoms with Crippen molar-refractivity contribution in [2.45, 2.75) is 19.9 Å². The molecule has 1 saturated heterocycles. The first-order valence-electron chi connectivity index (χ1n) is 10.8. The fourth-order valence-electron chi connectivity index (χ4n) is 4.31. The van der Waals surface area contributed by atoms with Crippen LogP contribution in [0.5, 0.6) is 0 Å². The predicted octanol–water partition coefficient (Wildman–Crippen LogP) is 2.91. The fraction of sp³-hybridized carbons (Fsp3) is 0.292. The molecule has 5 rings (SSSR count). The summed E-state index contributed by atoms with van der Waals surface area (Å²) in [6.07, 6.45) is 5.38. The number of carbonyl (C=O) groups is 1. The third-order valence-electron chi connectivity index (χ3n) is 6.31. The van der Waals surface area contributed by atoms with Gasteiger partial charge in [-0.2, -0.15) is 10.2 Å². The highest BCUT2D eigenvalue weighted by atomic mass is 16.2. The van der Waals surface area contributed by atoms with E-state index in [9.17, 15) is 10.1 Å². The number of rotatable bonds is 4. The number of fused-ring (bicyclic) bond motifs is 3. The lowest BCUT2D eigenvalue weighted by Crippen LogP contribution is -2.48. The number of hydrogen-bond donors (Lipinski definition) is 1. The highest BCUT2D eigenvalue weighted by Crippen LogP contribution is 2.30. The first-order valence-corrected chi connectivity index (χ1v) is 10.8. The van der Waals surface area contributed by atoms with Crippen LogP contribution < -0.4 is 10.2 Å². The average molecular weight is 441 g/mol. The summed E-state index contributed by atoms with van der Waals surface area (Å²) < 4.78 is 1.90.